The van der Waals surface area contributed by atoms with Crippen molar-refractivity contribution in [3.05, 3.63) is 0 Å². The normalized spacial score (nSPS) is 32.0. The maximum absolute atomic E-state index is 3.12. The van der Waals surface area contributed by atoms with Gasteiger partial charge in [0.2, 0.25) is 0 Å². The molecular weight excluding hydrogens is 310 g/mol. The quantitative estimate of drug-likeness (QED) is 0.474. The van der Waals surface area contributed by atoms with Gasteiger partial charge in [-0.15, -0.1) is 0 Å². The van der Waals surface area contributed by atoms with Crippen LogP contribution in [0, 0.1) is 0 Å². The molecule has 0 saturated carbocycles. The van der Waals surface area contributed by atoms with Crippen molar-refractivity contribution < 1.29 is 0 Å². The van der Waals surface area contributed by atoms with Gasteiger partial charge >= 0.3 is 101 Å². The number of rotatable bonds is 0. The summed E-state index contributed by atoms with van der Waals surface area (Å²) >= 11 is 6.24. The van der Waals surface area contributed by atoms with Crippen molar-refractivity contribution >= 4 is 40.5 Å². The Bertz CT molecular complexity index is 252. The molecule has 0 N–H and O–H groups in total. The first-order chi connectivity index (χ1) is 6.46. The molecule has 2 aliphatic rings. The van der Waals surface area contributed by atoms with Crippen LogP contribution < -0.4 is 0 Å². The second kappa shape index (κ2) is 3.24. The molecule has 0 bridgehead atoms. The van der Waals surface area contributed by atoms with Crippen LogP contribution in [0.3, 0.4) is 0 Å². The van der Waals surface area contributed by atoms with Gasteiger partial charge in [-0.2, -0.15) is 0 Å². The van der Waals surface area contributed by atoms with Gasteiger partial charge in [-0.1, -0.05) is 0 Å². The zero-order valence-electron chi connectivity index (χ0n) is 8.76. The number of hydrogen-bond acceptors (Lipinski definition) is 4. The van der Waals surface area contributed by atoms with E-state index in [1.54, 1.807) is 0 Å². The van der Waals surface area contributed by atoms with E-state index in [9.17, 15) is 0 Å². The summed E-state index contributed by atoms with van der Waals surface area (Å²) in [6.45, 7) is 0. The fourth-order valence-corrected chi connectivity index (χ4v) is 3.18. The van der Waals surface area contributed by atoms with Gasteiger partial charge in [-0.3, -0.25) is 0 Å². The van der Waals surface area contributed by atoms with Crippen molar-refractivity contribution in [1.82, 2.24) is 19.6 Å². The van der Waals surface area contributed by atoms with Crippen LogP contribution in [0.2, 0.25) is 0 Å². The number of nitrogens with zero attached hydrogens (tertiary/aromatic N) is 4. The first-order valence-corrected chi connectivity index (χ1v) is 6.17. The van der Waals surface area contributed by atoms with Crippen LogP contribution in [0.1, 0.15) is 0 Å². The zero-order valence-corrected chi connectivity index (χ0v) is 12.2. The second-order valence-corrected chi connectivity index (χ2v) is 5.37. The third-order valence-corrected chi connectivity index (χ3v) is 5.48. The van der Waals surface area contributed by atoms with E-state index in [2.05, 4.69) is 78.9 Å². The van der Waals surface area contributed by atoms with Gasteiger partial charge in [-0.05, 0) is 0 Å². The van der Waals surface area contributed by atoms with Crippen LogP contribution in [0.5, 0.6) is 0 Å². The summed E-state index contributed by atoms with van der Waals surface area (Å²) in [5.41, 5.74) is 0. The fourth-order valence-electron chi connectivity index (χ4n) is 2.27. The third kappa shape index (κ3) is 1.12. The zero-order chi connectivity index (χ0) is 10.6. The van der Waals surface area contributed by atoms with Gasteiger partial charge in [0.25, 0.3) is 0 Å². The summed E-state index contributed by atoms with van der Waals surface area (Å²) in [6, 6.07) is 0. The Kier molecular flexibility index (Phi) is 2.43. The number of likely N-dealkylation sites (N-methyl/N-ethyl adjacent to an activating group) is 4. The standard InChI is InChI=1S/C8H14N4Se2/c1-9-5-6(11(3)7(9)13)12(4)8(14)10(5)2/h5-6H,1-4H3. The van der Waals surface area contributed by atoms with Crippen molar-refractivity contribution in [2.24, 2.45) is 0 Å². The first-order valence-electron chi connectivity index (χ1n) is 4.46. The van der Waals surface area contributed by atoms with Crippen LogP contribution in [0.4, 0.5) is 0 Å². The monoisotopic (exact) mass is 326 g/mol. The molecule has 2 rings (SSSR count). The Morgan fingerprint density at radius 3 is 1.14 bits per heavy atom. The Morgan fingerprint density at radius 2 is 0.929 bits per heavy atom. The topological polar surface area (TPSA) is 13.0 Å². The van der Waals surface area contributed by atoms with Crippen molar-refractivity contribution in [3.8, 4) is 0 Å². The second-order valence-electron chi connectivity index (χ2n) is 3.84. The molecule has 0 spiro atoms. The van der Waals surface area contributed by atoms with Crippen molar-refractivity contribution in [2.45, 2.75) is 12.3 Å². The molecular formula is C8H14N4Se2. The van der Waals surface area contributed by atoms with Gasteiger partial charge in [0.1, 0.15) is 0 Å². The van der Waals surface area contributed by atoms with Crippen LogP contribution in [-0.4, -0.2) is 101 Å². The predicted molar refractivity (Wildman–Crippen MR) is 60.2 cm³/mol. The first kappa shape index (κ1) is 10.5. The molecule has 0 aliphatic carbocycles. The van der Waals surface area contributed by atoms with Crippen LogP contribution in [-0.2, 0) is 0 Å². The molecule has 2 heterocycles. The fraction of sp³-hybridized carbons (Fsp3) is 0.750. The SMILES string of the molecule is CN1C(=[Se])N(C)C2C1N(C)C(=[Se])N2C. The molecule has 0 aromatic heterocycles. The Balaban J connectivity index is 2.39. The van der Waals surface area contributed by atoms with E-state index < -0.39 is 0 Å². The molecule has 6 heteroatoms. The van der Waals surface area contributed by atoms with E-state index in [-0.39, 0.29) is 0 Å². The van der Waals surface area contributed by atoms with E-state index in [0.717, 1.165) is 0 Å². The van der Waals surface area contributed by atoms with Crippen LogP contribution in [0.25, 0.3) is 0 Å². The molecule has 4 nitrogen and oxygen atoms in total. The van der Waals surface area contributed by atoms with Gasteiger partial charge in [0.15, 0.2) is 0 Å². The average molecular weight is 324 g/mol. The summed E-state index contributed by atoms with van der Waals surface area (Å²) in [5, 5.41) is 0. The molecule has 78 valence electrons. The van der Waals surface area contributed by atoms with E-state index in [1.165, 1.54) is 9.33 Å². The number of fused-ring (bicyclic) bond motifs is 1. The van der Waals surface area contributed by atoms with E-state index >= 15 is 0 Å². The predicted octanol–water partition coefficient (Wildman–Crippen LogP) is -2.10. The van der Waals surface area contributed by atoms with Gasteiger partial charge < -0.3 is 0 Å². The van der Waals surface area contributed by atoms with Crippen LogP contribution >= 0.6 is 0 Å². The molecule has 0 unspecified atom stereocenters. The molecule has 2 aliphatic heterocycles. The summed E-state index contributed by atoms with van der Waals surface area (Å²) in [7, 11) is 8.48. The molecule has 2 saturated heterocycles. The summed E-state index contributed by atoms with van der Waals surface area (Å²) < 4.78 is 2.40. The number of hydrogen-bond donors (Lipinski definition) is 0. The molecule has 0 amide bonds. The van der Waals surface area contributed by atoms with Crippen molar-refractivity contribution in [2.75, 3.05) is 28.2 Å². The average Bonchev–Trinajstić information content (AvgIpc) is 2.51. The van der Waals surface area contributed by atoms with E-state index in [1.807, 2.05) is 0 Å². The summed E-state index contributed by atoms with van der Waals surface area (Å²) in [5.74, 6) is 0. The van der Waals surface area contributed by atoms with Crippen molar-refractivity contribution in [1.29, 1.82) is 0 Å². The molecule has 0 aromatic carbocycles. The Morgan fingerprint density at radius 1 is 0.714 bits per heavy atom. The van der Waals surface area contributed by atoms with Gasteiger partial charge in [0.05, 0.1) is 0 Å². The minimum absolute atomic E-state index is 0.400. The maximum atomic E-state index is 3.12. The van der Waals surface area contributed by atoms with E-state index in [4.69, 9.17) is 0 Å². The molecule has 0 aromatic rings. The summed E-state index contributed by atoms with van der Waals surface area (Å²) in [6.07, 6.45) is 0.801. The Hall–Kier alpha value is -0.0210. The van der Waals surface area contributed by atoms with Gasteiger partial charge in [0, 0.05) is 0 Å². The third-order valence-electron chi connectivity index (χ3n) is 3.06. The van der Waals surface area contributed by atoms with Crippen molar-refractivity contribution in [3.63, 3.8) is 0 Å². The van der Waals surface area contributed by atoms with Crippen LogP contribution in [0.15, 0.2) is 0 Å². The van der Waals surface area contributed by atoms with E-state index in [0.29, 0.717) is 12.3 Å². The minimum atomic E-state index is 0.400. The summed E-state index contributed by atoms with van der Waals surface area (Å²) in [4.78, 5) is 9.08. The molecule has 0 atom stereocenters. The molecule has 0 radical (unpaired) electrons. The van der Waals surface area contributed by atoms with Gasteiger partial charge in [-0.25, -0.2) is 0 Å². The Labute approximate surface area is 101 Å². The molecule has 14 heavy (non-hydrogen) atoms. The molecule has 2 fully saturated rings.